The predicted molar refractivity (Wildman–Crippen MR) is 312 cm³/mol. The van der Waals surface area contributed by atoms with Crippen LogP contribution >= 0.6 is 0 Å². The third kappa shape index (κ3) is 7.29. The molecule has 4 atom stereocenters. The summed E-state index contributed by atoms with van der Waals surface area (Å²) in [5.41, 5.74) is 26.3. The molecule has 0 radical (unpaired) electrons. The Labute approximate surface area is 439 Å². The summed E-state index contributed by atoms with van der Waals surface area (Å²) in [7, 11) is 0. The van der Waals surface area contributed by atoms with Crippen molar-refractivity contribution in [2.75, 3.05) is 0 Å². The lowest BCUT2D eigenvalue weighted by molar-refractivity contribution is -0.744. The van der Waals surface area contributed by atoms with Gasteiger partial charge < -0.3 is 0 Å². The normalized spacial score (nSPS) is 20.8. The van der Waals surface area contributed by atoms with E-state index >= 15 is 0 Å². The number of hydrogen-bond acceptors (Lipinski definition) is 0. The predicted octanol–water partition coefficient (Wildman–Crippen LogP) is 16.7. The summed E-state index contributed by atoms with van der Waals surface area (Å²) < 4.78 is 2.77. The van der Waals surface area contributed by atoms with Crippen molar-refractivity contribution in [3.63, 3.8) is 0 Å². The van der Waals surface area contributed by atoms with Crippen LogP contribution in [0.1, 0.15) is 116 Å². The van der Waals surface area contributed by atoms with Gasteiger partial charge in [0.2, 0.25) is 5.69 Å². The van der Waals surface area contributed by atoms with Gasteiger partial charge in [-0.25, -0.2) is 0 Å². The highest BCUT2D eigenvalue weighted by Gasteiger charge is 2.85. The maximum atomic E-state index is 4.68. The summed E-state index contributed by atoms with van der Waals surface area (Å²) >= 11 is 0. The lowest BCUT2D eigenvalue weighted by atomic mass is 9.75. The Bertz CT molecular complexity index is 3800. The molecule has 4 aliphatic carbocycles. The van der Waals surface area contributed by atoms with Crippen molar-refractivity contribution >= 4 is 28.9 Å². The first-order valence-corrected chi connectivity index (χ1v) is 27.5. The molecule has 1 aromatic heterocycles. The molecule has 4 unspecified atom stereocenters. The van der Waals surface area contributed by atoms with Crippen LogP contribution in [0.2, 0.25) is 0 Å². The Morgan fingerprint density at radius 2 is 1.36 bits per heavy atom. The zero-order chi connectivity index (χ0) is 50.1. The molecule has 2 heterocycles. The molecule has 1 saturated carbocycles. The molecule has 0 N–H and O–H groups in total. The van der Waals surface area contributed by atoms with E-state index in [0.29, 0.717) is 5.92 Å². The number of allylic oxidation sites excluding steroid dienone is 4. The fraction of sp³-hybridized carbons (Fsp3) is 0.219. The van der Waals surface area contributed by atoms with E-state index in [1.165, 1.54) is 122 Å². The topological polar surface area (TPSA) is 3.88 Å². The third-order valence-electron chi connectivity index (χ3n) is 18.3. The summed E-state index contributed by atoms with van der Waals surface area (Å²) in [4.78, 5) is 0. The monoisotopic (exact) mass is 957 g/mol. The average Bonchev–Trinajstić information content (AvgIpc) is 4.31. The number of pyridine rings is 1. The molecule has 2 bridgehead atoms. The van der Waals surface area contributed by atoms with Crippen molar-refractivity contribution in [2.45, 2.75) is 90.0 Å². The molecule has 0 saturated heterocycles. The molecule has 7 aromatic carbocycles. The summed E-state index contributed by atoms with van der Waals surface area (Å²) in [6.07, 6.45) is 21.7. The summed E-state index contributed by atoms with van der Waals surface area (Å²) in [6.45, 7) is 16.5. The van der Waals surface area contributed by atoms with Crippen LogP contribution in [0.15, 0.2) is 207 Å². The van der Waals surface area contributed by atoms with Crippen LogP contribution in [-0.4, -0.2) is 0 Å². The highest BCUT2D eigenvalue weighted by atomic mass is 15.2. The van der Waals surface area contributed by atoms with Crippen molar-refractivity contribution in [1.82, 2.24) is 0 Å². The highest BCUT2D eigenvalue weighted by molar-refractivity contribution is 5.89. The maximum absolute atomic E-state index is 4.68. The van der Waals surface area contributed by atoms with Crippen molar-refractivity contribution in [3.05, 3.63) is 262 Å². The van der Waals surface area contributed by atoms with Crippen LogP contribution in [0.5, 0.6) is 0 Å². The first-order valence-electron chi connectivity index (χ1n) is 27.5. The first kappa shape index (κ1) is 46.2. The number of benzene rings is 7. The number of rotatable bonds is 11. The second-order valence-electron chi connectivity index (χ2n) is 22.1. The van der Waals surface area contributed by atoms with Gasteiger partial charge >= 0.3 is 0 Å². The second kappa shape index (κ2) is 18.4. The van der Waals surface area contributed by atoms with Crippen molar-refractivity contribution < 1.29 is 4.57 Å². The Kier molecular flexibility index (Phi) is 11.5. The van der Waals surface area contributed by atoms with E-state index < -0.39 is 0 Å². The maximum Gasteiger partial charge on any atom is 0.221 e. The number of fused-ring (bicyclic) bond motifs is 12. The quantitative estimate of drug-likeness (QED) is 0.0898. The third-order valence-corrected chi connectivity index (χ3v) is 18.3. The van der Waals surface area contributed by atoms with Gasteiger partial charge in [0.25, 0.3) is 0 Å². The van der Waals surface area contributed by atoms with Gasteiger partial charge in [0.05, 0.1) is 17.0 Å². The van der Waals surface area contributed by atoms with Crippen LogP contribution in [-0.2, 0) is 18.4 Å². The van der Waals surface area contributed by atoms with Gasteiger partial charge in [0.1, 0.15) is 0 Å². The molecule has 74 heavy (non-hydrogen) atoms. The van der Waals surface area contributed by atoms with E-state index in [4.69, 9.17) is 0 Å². The lowest BCUT2D eigenvalue weighted by Crippen LogP contribution is -2.58. The molecule has 13 rings (SSSR count). The van der Waals surface area contributed by atoms with Gasteiger partial charge in [-0.2, -0.15) is 4.57 Å². The van der Waals surface area contributed by atoms with Crippen molar-refractivity contribution in [2.24, 2.45) is 11.3 Å². The molecule has 1 fully saturated rings. The number of nitrogens with zero attached hydrogens (tertiary/aromatic N) is 1. The summed E-state index contributed by atoms with van der Waals surface area (Å²) in [5.74, 6) is 0.616. The van der Waals surface area contributed by atoms with Gasteiger partial charge in [0.15, 0.2) is 11.7 Å². The molecule has 8 aromatic rings. The van der Waals surface area contributed by atoms with Gasteiger partial charge in [-0.1, -0.05) is 198 Å². The Morgan fingerprint density at radius 1 is 0.662 bits per heavy atom. The van der Waals surface area contributed by atoms with E-state index in [9.17, 15) is 0 Å². The minimum atomic E-state index is -0.177. The van der Waals surface area contributed by atoms with E-state index in [2.05, 4.69) is 239 Å². The van der Waals surface area contributed by atoms with Crippen molar-refractivity contribution in [1.29, 1.82) is 0 Å². The van der Waals surface area contributed by atoms with Gasteiger partial charge in [-0.3, -0.25) is 0 Å². The van der Waals surface area contributed by atoms with Gasteiger partial charge in [-0.15, -0.1) is 0 Å². The van der Waals surface area contributed by atoms with Crippen LogP contribution in [0, 0.1) is 11.3 Å². The molecule has 1 aliphatic heterocycles. The molecular formula is C73H66N+. The van der Waals surface area contributed by atoms with E-state index in [-0.39, 0.29) is 16.9 Å². The molecule has 1 nitrogen and oxygen atoms in total. The van der Waals surface area contributed by atoms with Gasteiger partial charge in [0, 0.05) is 17.4 Å². The zero-order valence-electron chi connectivity index (χ0n) is 43.4. The molecule has 362 valence electrons. The fourth-order valence-corrected chi connectivity index (χ4v) is 14.6. The zero-order valence-corrected chi connectivity index (χ0v) is 43.4. The summed E-state index contributed by atoms with van der Waals surface area (Å²) in [5, 5.41) is 2.70. The van der Waals surface area contributed by atoms with E-state index in [1.54, 1.807) is 0 Å². The van der Waals surface area contributed by atoms with Gasteiger partial charge in [-0.05, 0) is 187 Å². The Morgan fingerprint density at radius 3 is 2.19 bits per heavy atom. The Hall–Kier alpha value is -7.61. The molecular weight excluding hydrogens is 891 g/mol. The minimum absolute atomic E-state index is 0.0260. The minimum Gasteiger partial charge on any atom is -0.190 e. The highest BCUT2D eigenvalue weighted by Crippen LogP contribution is 2.77. The van der Waals surface area contributed by atoms with Crippen LogP contribution in [0.25, 0.3) is 73.5 Å². The molecule has 1 heteroatoms. The molecule has 0 amide bonds. The first-order chi connectivity index (χ1) is 36.3. The van der Waals surface area contributed by atoms with Crippen LogP contribution < -0.4 is 15.0 Å². The SMILES string of the molecule is C=Cc1c(C(=C)CCCC)cc[n+]2c1-c1ccccc1C1C(C)(CC)C12C1C=C2CC=c3ccccc3=C(C2)c2cc(-c3cccc(-c4cc(C5=CCCc6ccccc65)cc(-c5ccccc5)c4)c3)ccc2C1. The fourth-order valence-electron chi connectivity index (χ4n) is 14.6. The largest absolute Gasteiger partial charge is 0.221 e. The number of unbranched alkanes of at least 4 members (excludes halogenated alkanes) is 1. The smallest absolute Gasteiger partial charge is 0.190 e. The second-order valence-corrected chi connectivity index (χ2v) is 22.1. The number of hydrogen-bond donors (Lipinski definition) is 0. The van der Waals surface area contributed by atoms with Crippen LogP contribution in [0.3, 0.4) is 0 Å². The number of aromatic nitrogens is 1. The standard InChI is InChI=1S/C73H66N/c1-6-9-21-48(4)62-38-39-74-70(61(62)7-2)66-31-17-18-32-67(66)71-72(5,8-3)73(71,74)60-40-49-34-35-52-25-14-16-30-64(52)69(41-49)68-47-55(36-37-56(68)46-60)53-27-19-28-54(42-53)58-43-57(50-22-11-10-12-23-50)44-59(45-58)65-33-20-26-51-24-13-15-29-63(51)65/h7,10-19,22-25,27-33,35-40,42-45,47,60,71H,2,4,6,8-9,20-21,26,34,41,46H2,1,3,5H3/q+1. The molecule has 0 spiro atoms. The van der Waals surface area contributed by atoms with E-state index in [0.717, 1.165) is 57.8 Å². The Balaban J connectivity index is 0.964. The summed E-state index contributed by atoms with van der Waals surface area (Å²) in [6, 6.07) is 64.8. The van der Waals surface area contributed by atoms with E-state index in [1.807, 2.05) is 0 Å². The van der Waals surface area contributed by atoms with Crippen LogP contribution in [0.4, 0.5) is 0 Å². The van der Waals surface area contributed by atoms with Crippen molar-refractivity contribution in [3.8, 4) is 44.6 Å². The average molecular weight is 957 g/mol. The molecule has 5 aliphatic rings. The lowest BCUT2D eigenvalue weighted by Gasteiger charge is -2.33. The number of aryl methyl sites for hydroxylation is 1.